The van der Waals surface area contributed by atoms with Gasteiger partial charge in [0.05, 0.1) is 32.0 Å². The van der Waals surface area contributed by atoms with Crippen LogP contribution in [0.3, 0.4) is 0 Å². The number of carboxylic acids is 1. The van der Waals surface area contributed by atoms with Gasteiger partial charge in [0.25, 0.3) is 0 Å². The minimum absolute atomic E-state index is 0.185. The molecule has 0 saturated carbocycles. The van der Waals surface area contributed by atoms with Crippen LogP contribution in [0, 0.1) is 5.92 Å². The summed E-state index contributed by atoms with van der Waals surface area (Å²) in [6.07, 6.45) is -0.635. The van der Waals surface area contributed by atoms with Crippen LogP contribution in [-0.2, 0) is 23.9 Å². The number of carboxylic acid groups (broad SMARTS) is 1. The second-order valence-corrected chi connectivity index (χ2v) is 3.05. The fraction of sp³-hybridized carbons (Fsp3) is 0.700. The lowest BCUT2D eigenvalue weighted by Crippen LogP contribution is -2.23. The molecule has 0 spiro atoms. The zero-order valence-electron chi connectivity index (χ0n) is 9.39. The van der Waals surface area contributed by atoms with Crippen molar-refractivity contribution in [3.05, 3.63) is 0 Å². The summed E-state index contributed by atoms with van der Waals surface area (Å²) in [4.78, 5) is 32.9. The van der Waals surface area contributed by atoms with Gasteiger partial charge in [-0.15, -0.1) is 0 Å². The van der Waals surface area contributed by atoms with Gasteiger partial charge in [0.2, 0.25) is 0 Å². The van der Waals surface area contributed by atoms with Gasteiger partial charge in [-0.2, -0.15) is 0 Å². The van der Waals surface area contributed by atoms with Gasteiger partial charge >= 0.3 is 17.9 Å². The van der Waals surface area contributed by atoms with Crippen LogP contribution >= 0.6 is 0 Å². The molecule has 0 fully saturated rings. The highest BCUT2D eigenvalue weighted by Crippen LogP contribution is 2.11. The Hall–Kier alpha value is -1.59. The molecule has 0 heterocycles. The summed E-state index contributed by atoms with van der Waals surface area (Å²) in [5.41, 5.74) is 0. The molecular formula is C10H16O6. The number of ether oxygens (including phenoxy) is 2. The van der Waals surface area contributed by atoms with E-state index in [4.69, 9.17) is 5.11 Å². The average molecular weight is 232 g/mol. The fourth-order valence-corrected chi connectivity index (χ4v) is 1.09. The molecule has 0 aromatic heterocycles. The van der Waals surface area contributed by atoms with Gasteiger partial charge in [-0.25, -0.2) is 0 Å². The number of carbonyl (C=O) groups excluding carboxylic acids is 2. The molecule has 92 valence electrons. The van der Waals surface area contributed by atoms with Crippen LogP contribution < -0.4 is 0 Å². The summed E-state index contributed by atoms with van der Waals surface area (Å²) in [6.45, 7) is 3.62. The highest BCUT2D eigenvalue weighted by Gasteiger charge is 2.25. The standard InChI is InChI=1S/C10H16O6/c1-3-15-8(11)5-7(10(13)14)6-9(12)16-4-2/h7H,3-6H2,1-2H3,(H,13,14). The molecule has 0 aliphatic carbocycles. The highest BCUT2D eigenvalue weighted by molar-refractivity contribution is 5.83. The molecule has 16 heavy (non-hydrogen) atoms. The van der Waals surface area contributed by atoms with Crippen molar-refractivity contribution in [2.75, 3.05) is 13.2 Å². The van der Waals surface area contributed by atoms with Crippen molar-refractivity contribution in [1.29, 1.82) is 0 Å². The number of esters is 2. The molecule has 0 aromatic rings. The van der Waals surface area contributed by atoms with E-state index >= 15 is 0 Å². The van der Waals surface area contributed by atoms with Crippen molar-refractivity contribution < 1.29 is 29.0 Å². The monoisotopic (exact) mass is 232 g/mol. The summed E-state index contributed by atoms with van der Waals surface area (Å²) >= 11 is 0. The Bertz CT molecular complexity index is 240. The normalized spacial score (nSPS) is 9.94. The molecule has 1 N–H and O–H groups in total. The molecule has 0 atom stereocenters. The Kier molecular flexibility index (Phi) is 6.91. The molecule has 0 aliphatic heterocycles. The predicted molar refractivity (Wildman–Crippen MR) is 53.6 cm³/mol. The lowest BCUT2D eigenvalue weighted by molar-refractivity contribution is -0.155. The molecule has 0 amide bonds. The molecule has 6 heteroatoms. The number of rotatable bonds is 7. The number of hydrogen-bond acceptors (Lipinski definition) is 5. The molecule has 0 unspecified atom stereocenters. The number of carbonyl (C=O) groups is 3. The third kappa shape index (κ3) is 6.00. The molecule has 0 aliphatic rings. The Balaban J connectivity index is 4.22. The molecule has 0 radical (unpaired) electrons. The van der Waals surface area contributed by atoms with E-state index < -0.39 is 23.8 Å². The van der Waals surface area contributed by atoms with Crippen LogP contribution in [0.15, 0.2) is 0 Å². The van der Waals surface area contributed by atoms with E-state index in [2.05, 4.69) is 9.47 Å². The van der Waals surface area contributed by atoms with E-state index in [1.165, 1.54) is 0 Å². The van der Waals surface area contributed by atoms with Gasteiger partial charge in [0, 0.05) is 0 Å². The van der Waals surface area contributed by atoms with Crippen LogP contribution in [0.25, 0.3) is 0 Å². The van der Waals surface area contributed by atoms with Crippen molar-refractivity contribution in [3.63, 3.8) is 0 Å². The van der Waals surface area contributed by atoms with Gasteiger partial charge in [0.15, 0.2) is 0 Å². The lowest BCUT2D eigenvalue weighted by atomic mass is 10.0. The summed E-state index contributed by atoms with van der Waals surface area (Å²) in [5, 5.41) is 8.79. The molecular weight excluding hydrogens is 216 g/mol. The minimum Gasteiger partial charge on any atom is -0.481 e. The summed E-state index contributed by atoms with van der Waals surface area (Å²) in [5.74, 6) is -3.54. The second-order valence-electron chi connectivity index (χ2n) is 3.05. The first-order valence-electron chi connectivity index (χ1n) is 5.05. The third-order valence-electron chi connectivity index (χ3n) is 1.79. The molecule has 0 aromatic carbocycles. The third-order valence-corrected chi connectivity index (χ3v) is 1.79. The summed E-state index contributed by atoms with van der Waals surface area (Å²) < 4.78 is 9.22. The topological polar surface area (TPSA) is 89.9 Å². The van der Waals surface area contributed by atoms with Crippen molar-refractivity contribution in [2.24, 2.45) is 5.92 Å². The second kappa shape index (κ2) is 7.67. The Morgan fingerprint density at radius 2 is 1.38 bits per heavy atom. The van der Waals surface area contributed by atoms with Crippen molar-refractivity contribution >= 4 is 17.9 Å². The average Bonchev–Trinajstić information content (AvgIpc) is 2.17. The van der Waals surface area contributed by atoms with Crippen molar-refractivity contribution in [1.82, 2.24) is 0 Å². The van der Waals surface area contributed by atoms with E-state index in [-0.39, 0.29) is 26.1 Å². The van der Waals surface area contributed by atoms with Gasteiger partial charge < -0.3 is 14.6 Å². The van der Waals surface area contributed by atoms with E-state index in [0.717, 1.165) is 0 Å². The van der Waals surface area contributed by atoms with E-state index in [0.29, 0.717) is 0 Å². The van der Waals surface area contributed by atoms with E-state index in [1.54, 1.807) is 13.8 Å². The molecule has 0 rings (SSSR count). The minimum atomic E-state index is -1.21. The van der Waals surface area contributed by atoms with E-state index in [9.17, 15) is 14.4 Å². The number of aliphatic carboxylic acids is 1. The van der Waals surface area contributed by atoms with Gasteiger partial charge in [-0.3, -0.25) is 14.4 Å². The summed E-state index contributed by atoms with van der Waals surface area (Å²) in [7, 11) is 0. The zero-order valence-corrected chi connectivity index (χ0v) is 9.39. The van der Waals surface area contributed by atoms with Crippen molar-refractivity contribution in [3.8, 4) is 0 Å². The molecule has 0 bridgehead atoms. The molecule has 6 nitrogen and oxygen atoms in total. The first kappa shape index (κ1) is 14.4. The van der Waals surface area contributed by atoms with Crippen LogP contribution in [0.5, 0.6) is 0 Å². The Labute approximate surface area is 93.5 Å². The Morgan fingerprint density at radius 3 is 1.62 bits per heavy atom. The van der Waals surface area contributed by atoms with E-state index in [1.807, 2.05) is 0 Å². The van der Waals surface area contributed by atoms with Gasteiger partial charge in [-0.05, 0) is 13.8 Å². The zero-order chi connectivity index (χ0) is 12.6. The molecule has 0 saturated heterocycles. The lowest BCUT2D eigenvalue weighted by Gasteiger charge is -2.10. The van der Waals surface area contributed by atoms with Crippen LogP contribution in [-0.4, -0.2) is 36.2 Å². The maximum atomic E-state index is 11.1. The SMILES string of the molecule is CCOC(=O)CC(CC(=O)OCC)C(=O)O. The fourth-order valence-electron chi connectivity index (χ4n) is 1.09. The van der Waals surface area contributed by atoms with Crippen molar-refractivity contribution in [2.45, 2.75) is 26.7 Å². The van der Waals surface area contributed by atoms with Crippen LogP contribution in [0.1, 0.15) is 26.7 Å². The smallest absolute Gasteiger partial charge is 0.307 e. The Morgan fingerprint density at radius 1 is 1.00 bits per heavy atom. The van der Waals surface area contributed by atoms with Gasteiger partial charge in [0.1, 0.15) is 0 Å². The first-order chi connectivity index (χ1) is 7.51. The largest absolute Gasteiger partial charge is 0.481 e. The van der Waals surface area contributed by atoms with Gasteiger partial charge in [-0.1, -0.05) is 0 Å². The first-order valence-corrected chi connectivity index (χ1v) is 5.05. The maximum absolute atomic E-state index is 11.1. The highest BCUT2D eigenvalue weighted by atomic mass is 16.5. The predicted octanol–water partition coefficient (Wildman–Crippen LogP) is 0.594. The quantitative estimate of drug-likeness (QED) is 0.646. The van der Waals surface area contributed by atoms with Crippen LogP contribution in [0.2, 0.25) is 0 Å². The van der Waals surface area contributed by atoms with Crippen LogP contribution in [0.4, 0.5) is 0 Å². The maximum Gasteiger partial charge on any atom is 0.307 e. The summed E-state index contributed by atoms with van der Waals surface area (Å²) in [6, 6.07) is 0. The number of hydrogen-bond donors (Lipinski definition) is 1.